The molecule has 0 aliphatic carbocycles. The highest BCUT2D eigenvalue weighted by molar-refractivity contribution is 5.75. The maximum absolute atomic E-state index is 10.4. The first kappa shape index (κ1) is 18.7. The van der Waals surface area contributed by atoms with E-state index < -0.39 is 0 Å². The van der Waals surface area contributed by atoms with Crippen molar-refractivity contribution in [3.05, 3.63) is 0 Å². The lowest BCUT2D eigenvalue weighted by molar-refractivity contribution is -0.128. The summed E-state index contributed by atoms with van der Waals surface area (Å²) in [5.74, 6) is 0.181. The van der Waals surface area contributed by atoms with Gasteiger partial charge in [0, 0.05) is 33.6 Å². The van der Waals surface area contributed by atoms with E-state index in [1.54, 1.807) is 19.0 Å². The monoisotopic (exact) mass is 246 g/mol. The van der Waals surface area contributed by atoms with E-state index >= 15 is 0 Å². The van der Waals surface area contributed by atoms with Gasteiger partial charge in [0.15, 0.2) is 0 Å². The van der Waals surface area contributed by atoms with Crippen LogP contribution in [0.15, 0.2) is 0 Å². The van der Waals surface area contributed by atoms with Crippen molar-refractivity contribution in [2.24, 2.45) is 0 Å². The minimum Gasteiger partial charge on any atom is -0.379 e. The Bertz CT molecular complexity index is 167. The summed E-state index contributed by atoms with van der Waals surface area (Å²) >= 11 is 0. The number of carbonyl (C=O) groups excluding carboxylic acids is 1. The quantitative estimate of drug-likeness (QED) is 0.745. The molecule has 4 heteroatoms. The lowest BCUT2D eigenvalue weighted by atomic mass is 10.4. The zero-order chi connectivity index (χ0) is 13.7. The predicted octanol–water partition coefficient (Wildman–Crippen LogP) is 1.85. The van der Waals surface area contributed by atoms with Gasteiger partial charge in [-0.2, -0.15) is 0 Å². The normalized spacial score (nSPS) is 14.9. The summed E-state index contributed by atoms with van der Waals surface area (Å²) in [6, 6.07) is 0. The molecule has 17 heavy (non-hydrogen) atoms. The molecule has 1 fully saturated rings. The third-order valence-corrected chi connectivity index (χ3v) is 2.35. The van der Waals surface area contributed by atoms with Gasteiger partial charge in [0.05, 0.1) is 13.2 Å². The number of rotatable bonds is 2. The van der Waals surface area contributed by atoms with Crippen molar-refractivity contribution in [1.82, 2.24) is 9.80 Å². The predicted molar refractivity (Wildman–Crippen MR) is 73.3 cm³/mol. The Morgan fingerprint density at radius 1 is 1.18 bits per heavy atom. The van der Waals surface area contributed by atoms with Crippen LogP contribution >= 0.6 is 0 Å². The first-order valence-corrected chi connectivity index (χ1v) is 6.62. The number of nitrogens with zero attached hydrogens (tertiary/aromatic N) is 2. The fourth-order valence-corrected chi connectivity index (χ4v) is 1.23. The van der Waals surface area contributed by atoms with Crippen LogP contribution in [-0.4, -0.2) is 62.7 Å². The Labute approximate surface area is 107 Å². The molecule has 1 rings (SSSR count). The van der Waals surface area contributed by atoms with Crippen molar-refractivity contribution in [3.8, 4) is 0 Å². The fraction of sp³-hybridized carbons (Fsp3) is 0.923. The molecular formula is C13H30N2O2. The van der Waals surface area contributed by atoms with Crippen molar-refractivity contribution in [3.63, 3.8) is 0 Å². The van der Waals surface area contributed by atoms with Gasteiger partial charge >= 0.3 is 0 Å². The number of carbonyl (C=O) groups is 1. The van der Waals surface area contributed by atoms with E-state index in [-0.39, 0.29) is 5.91 Å². The van der Waals surface area contributed by atoms with Crippen LogP contribution in [-0.2, 0) is 9.53 Å². The molecule has 1 heterocycles. The molecule has 1 amide bonds. The van der Waals surface area contributed by atoms with Crippen LogP contribution in [0.3, 0.4) is 0 Å². The molecule has 0 saturated carbocycles. The summed E-state index contributed by atoms with van der Waals surface area (Å²) in [6.45, 7) is 13.3. The van der Waals surface area contributed by atoms with Gasteiger partial charge in [0.2, 0.25) is 5.91 Å². The van der Waals surface area contributed by atoms with Gasteiger partial charge in [-0.25, -0.2) is 0 Å². The number of hydrogen-bond donors (Lipinski definition) is 0. The molecule has 0 bridgehead atoms. The smallest absolute Gasteiger partial charge is 0.221 e. The Kier molecular flexibility index (Phi) is 14.8. The summed E-state index contributed by atoms with van der Waals surface area (Å²) in [6.07, 6.45) is 0.604. The third-order valence-electron chi connectivity index (χ3n) is 2.35. The van der Waals surface area contributed by atoms with Crippen LogP contribution < -0.4 is 0 Å². The molecule has 1 aliphatic heterocycles. The summed E-state index contributed by atoms with van der Waals surface area (Å²) < 4.78 is 5.16. The first-order chi connectivity index (χ1) is 8.11. The number of morpholine rings is 1. The molecular weight excluding hydrogens is 216 g/mol. The highest BCUT2D eigenvalue weighted by Gasteiger charge is 2.05. The second-order valence-corrected chi connectivity index (χ2v) is 3.69. The van der Waals surface area contributed by atoms with Crippen LogP contribution in [0.5, 0.6) is 0 Å². The minimum atomic E-state index is 0.181. The Balaban J connectivity index is 0. The van der Waals surface area contributed by atoms with Crippen molar-refractivity contribution in [2.45, 2.75) is 34.1 Å². The second-order valence-electron chi connectivity index (χ2n) is 3.69. The van der Waals surface area contributed by atoms with Gasteiger partial charge < -0.3 is 9.64 Å². The van der Waals surface area contributed by atoms with Crippen LogP contribution in [0.1, 0.15) is 34.1 Å². The Morgan fingerprint density at radius 3 is 1.82 bits per heavy atom. The van der Waals surface area contributed by atoms with Gasteiger partial charge in [-0.3, -0.25) is 9.69 Å². The molecule has 104 valence electrons. The number of likely N-dealkylation sites (N-methyl/N-ethyl adjacent to an activating group) is 1. The number of ether oxygens (including phenoxy) is 1. The van der Waals surface area contributed by atoms with Crippen molar-refractivity contribution < 1.29 is 9.53 Å². The SMILES string of the molecule is CC.CCC(=O)N(C)C.CCN1CCOCC1. The van der Waals surface area contributed by atoms with E-state index in [2.05, 4.69) is 11.8 Å². The van der Waals surface area contributed by atoms with Crippen LogP contribution in [0.4, 0.5) is 0 Å². The molecule has 0 aromatic rings. The summed E-state index contributed by atoms with van der Waals surface area (Å²) in [5, 5.41) is 0. The number of amides is 1. The first-order valence-electron chi connectivity index (χ1n) is 6.62. The van der Waals surface area contributed by atoms with E-state index in [9.17, 15) is 4.79 Å². The second kappa shape index (κ2) is 13.5. The van der Waals surface area contributed by atoms with Gasteiger partial charge in [-0.05, 0) is 6.54 Å². The lowest BCUT2D eigenvalue weighted by Gasteiger charge is -2.24. The maximum atomic E-state index is 10.4. The topological polar surface area (TPSA) is 32.8 Å². The van der Waals surface area contributed by atoms with Gasteiger partial charge in [0.25, 0.3) is 0 Å². The molecule has 0 spiro atoms. The molecule has 0 aromatic carbocycles. The Hall–Kier alpha value is -0.610. The molecule has 0 atom stereocenters. The third kappa shape index (κ3) is 11.6. The zero-order valence-corrected chi connectivity index (χ0v) is 12.5. The summed E-state index contributed by atoms with van der Waals surface area (Å²) in [4.78, 5) is 14.4. The molecule has 0 unspecified atom stereocenters. The summed E-state index contributed by atoms with van der Waals surface area (Å²) in [5.41, 5.74) is 0. The molecule has 1 saturated heterocycles. The summed E-state index contributed by atoms with van der Waals surface area (Å²) in [7, 11) is 3.51. The Morgan fingerprint density at radius 2 is 1.65 bits per heavy atom. The van der Waals surface area contributed by atoms with Crippen LogP contribution in [0, 0.1) is 0 Å². The average Bonchev–Trinajstić information content (AvgIpc) is 2.41. The van der Waals surface area contributed by atoms with Gasteiger partial charge in [0.1, 0.15) is 0 Å². The zero-order valence-electron chi connectivity index (χ0n) is 12.5. The molecule has 0 N–H and O–H groups in total. The maximum Gasteiger partial charge on any atom is 0.221 e. The highest BCUT2D eigenvalue weighted by atomic mass is 16.5. The average molecular weight is 246 g/mol. The standard InChI is InChI=1S/C6H13NO.C5H11NO.C2H6/c1-2-7-3-5-8-6-4-7;1-4-5(7)6(2)3;1-2/h2-6H2,1H3;4H2,1-3H3;1-2H3. The van der Waals surface area contributed by atoms with Crippen molar-refractivity contribution in [1.29, 1.82) is 0 Å². The van der Waals surface area contributed by atoms with E-state index in [0.717, 1.165) is 26.3 Å². The van der Waals surface area contributed by atoms with E-state index in [1.807, 2.05) is 20.8 Å². The number of hydrogen-bond acceptors (Lipinski definition) is 3. The van der Waals surface area contributed by atoms with Crippen LogP contribution in [0.2, 0.25) is 0 Å². The highest BCUT2D eigenvalue weighted by Crippen LogP contribution is 1.93. The van der Waals surface area contributed by atoms with Gasteiger partial charge in [-0.1, -0.05) is 27.7 Å². The largest absolute Gasteiger partial charge is 0.379 e. The lowest BCUT2D eigenvalue weighted by Crippen LogP contribution is -2.35. The minimum absolute atomic E-state index is 0.181. The fourth-order valence-electron chi connectivity index (χ4n) is 1.23. The van der Waals surface area contributed by atoms with E-state index in [4.69, 9.17) is 4.74 Å². The van der Waals surface area contributed by atoms with Gasteiger partial charge in [-0.15, -0.1) is 0 Å². The van der Waals surface area contributed by atoms with Crippen LogP contribution in [0.25, 0.3) is 0 Å². The van der Waals surface area contributed by atoms with Crippen molar-refractivity contribution in [2.75, 3.05) is 46.9 Å². The molecule has 0 aromatic heterocycles. The molecule has 1 aliphatic rings. The van der Waals surface area contributed by atoms with E-state index in [1.165, 1.54) is 6.54 Å². The molecule has 4 nitrogen and oxygen atoms in total. The molecule has 0 radical (unpaired) electrons. The van der Waals surface area contributed by atoms with Crippen molar-refractivity contribution >= 4 is 5.91 Å². The van der Waals surface area contributed by atoms with E-state index in [0.29, 0.717) is 6.42 Å².